The molecule has 0 aliphatic rings. The van der Waals surface area contributed by atoms with Gasteiger partial charge in [-0.25, -0.2) is 4.98 Å². The lowest BCUT2D eigenvalue weighted by molar-refractivity contribution is 0.482. The summed E-state index contributed by atoms with van der Waals surface area (Å²) in [4.78, 5) is 4.35. The molecule has 1 atom stereocenters. The Morgan fingerprint density at radius 1 is 1.37 bits per heavy atom. The first-order valence-corrected chi connectivity index (χ1v) is 6.79. The van der Waals surface area contributed by atoms with Gasteiger partial charge in [0, 0.05) is 31.7 Å². The molecule has 0 bridgehead atoms. The van der Waals surface area contributed by atoms with E-state index in [9.17, 15) is 0 Å². The third-order valence-electron chi connectivity index (χ3n) is 3.35. The monoisotopic (exact) mass is 261 g/mol. The van der Waals surface area contributed by atoms with E-state index in [0.29, 0.717) is 0 Å². The number of hydrogen-bond donors (Lipinski definition) is 1. The summed E-state index contributed by atoms with van der Waals surface area (Å²) in [5.41, 5.74) is 2.32. The van der Waals surface area contributed by atoms with Crippen LogP contribution in [-0.2, 0) is 13.6 Å². The van der Waals surface area contributed by atoms with Gasteiger partial charge in [0.2, 0.25) is 0 Å². The van der Waals surface area contributed by atoms with Crippen LogP contribution >= 0.6 is 0 Å². The van der Waals surface area contributed by atoms with E-state index >= 15 is 0 Å². The molecule has 2 aromatic heterocycles. The Morgan fingerprint density at radius 3 is 2.74 bits per heavy atom. The van der Waals surface area contributed by atoms with Crippen molar-refractivity contribution >= 4 is 0 Å². The van der Waals surface area contributed by atoms with Crippen LogP contribution < -0.4 is 5.32 Å². The third-order valence-corrected chi connectivity index (χ3v) is 3.35. The fraction of sp³-hybridized carbons (Fsp3) is 0.571. The smallest absolute Gasteiger partial charge is 0.125 e. The maximum Gasteiger partial charge on any atom is 0.125 e. The first-order valence-electron chi connectivity index (χ1n) is 6.79. The van der Waals surface area contributed by atoms with E-state index in [1.165, 1.54) is 5.69 Å². The summed E-state index contributed by atoms with van der Waals surface area (Å²) in [7, 11) is 2.02. The van der Waals surface area contributed by atoms with Crippen LogP contribution in [0, 0.1) is 13.8 Å². The largest absolute Gasteiger partial charge is 0.337 e. The van der Waals surface area contributed by atoms with Gasteiger partial charge in [-0.15, -0.1) is 0 Å². The van der Waals surface area contributed by atoms with Crippen LogP contribution in [0.5, 0.6) is 0 Å². The lowest BCUT2D eigenvalue weighted by atomic mass is 10.3. The van der Waals surface area contributed by atoms with Crippen LogP contribution in [0.3, 0.4) is 0 Å². The van der Waals surface area contributed by atoms with Gasteiger partial charge in [0.25, 0.3) is 0 Å². The predicted molar refractivity (Wildman–Crippen MR) is 75.9 cm³/mol. The summed E-state index contributed by atoms with van der Waals surface area (Å²) in [6.45, 7) is 8.20. The molecule has 0 fully saturated rings. The van der Waals surface area contributed by atoms with E-state index < -0.39 is 0 Å². The maximum absolute atomic E-state index is 4.46. The first-order chi connectivity index (χ1) is 9.08. The second-order valence-electron chi connectivity index (χ2n) is 5.08. The van der Waals surface area contributed by atoms with Gasteiger partial charge in [-0.1, -0.05) is 0 Å². The molecule has 0 spiro atoms. The average molecular weight is 261 g/mol. The number of aryl methyl sites for hydroxylation is 4. The molecule has 5 heteroatoms. The van der Waals surface area contributed by atoms with E-state index in [2.05, 4.69) is 44.6 Å². The van der Waals surface area contributed by atoms with Gasteiger partial charge in [-0.2, -0.15) is 5.10 Å². The summed E-state index contributed by atoms with van der Waals surface area (Å²) in [6, 6.07) is 2.39. The summed E-state index contributed by atoms with van der Waals surface area (Å²) < 4.78 is 4.13. The lowest BCUT2D eigenvalue weighted by Gasteiger charge is -2.13. The van der Waals surface area contributed by atoms with Gasteiger partial charge in [0.1, 0.15) is 5.82 Å². The molecular formula is C14H23N5. The molecule has 0 aliphatic heterocycles. The molecule has 0 aromatic carbocycles. The third kappa shape index (κ3) is 3.44. The molecule has 104 valence electrons. The Kier molecular flexibility index (Phi) is 4.37. The van der Waals surface area contributed by atoms with Crippen LogP contribution in [0.2, 0.25) is 0 Å². The Bertz CT molecular complexity index is 526. The molecule has 0 radical (unpaired) electrons. The van der Waals surface area contributed by atoms with Crippen LogP contribution in [0.1, 0.15) is 36.6 Å². The second-order valence-corrected chi connectivity index (χ2v) is 5.08. The van der Waals surface area contributed by atoms with Gasteiger partial charge in [0.05, 0.1) is 11.7 Å². The van der Waals surface area contributed by atoms with Crippen molar-refractivity contribution < 1.29 is 0 Å². The van der Waals surface area contributed by atoms with Crippen molar-refractivity contribution in [2.45, 2.75) is 39.8 Å². The Morgan fingerprint density at radius 2 is 2.16 bits per heavy atom. The number of aromatic nitrogens is 4. The minimum absolute atomic E-state index is 0.278. The second kappa shape index (κ2) is 6.02. The topological polar surface area (TPSA) is 47.7 Å². The molecule has 2 aromatic rings. The van der Waals surface area contributed by atoms with E-state index in [0.717, 1.165) is 31.0 Å². The summed E-state index contributed by atoms with van der Waals surface area (Å²) >= 11 is 0. The zero-order valence-electron chi connectivity index (χ0n) is 12.2. The first kappa shape index (κ1) is 13.8. The number of nitrogens with one attached hydrogen (secondary N) is 1. The predicted octanol–water partition coefficient (Wildman–Crippen LogP) is 1.97. The van der Waals surface area contributed by atoms with Crippen molar-refractivity contribution in [2.75, 3.05) is 6.54 Å². The van der Waals surface area contributed by atoms with Crippen LogP contribution in [0.25, 0.3) is 0 Å². The molecule has 0 saturated carbocycles. The Hall–Kier alpha value is -1.62. The van der Waals surface area contributed by atoms with Crippen molar-refractivity contribution in [1.82, 2.24) is 24.6 Å². The highest BCUT2D eigenvalue weighted by atomic mass is 15.3. The Balaban J connectivity index is 1.75. The van der Waals surface area contributed by atoms with E-state index in [4.69, 9.17) is 0 Å². The lowest BCUT2D eigenvalue weighted by Crippen LogP contribution is -2.23. The van der Waals surface area contributed by atoms with Crippen molar-refractivity contribution in [3.63, 3.8) is 0 Å². The summed E-state index contributed by atoms with van der Waals surface area (Å²) in [5.74, 6) is 1.08. The molecular weight excluding hydrogens is 238 g/mol. The fourth-order valence-corrected chi connectivity index (χ4v) is 2.33. The SMILES string of the molecule is Cc1cc(C)n(CCCNC(C)c2nccn2C)n1. The fourth-order valence-electron chi connectivity index (χ4n) is 2.33. The summed E-state index contributed by atoms with van der Waals surface area (Å²) in [5, 5.41) is 7.96. The number of imidazole rings is 1. The van der Waals surface area contributed by atoms with Gasteiger partial charge < -0.3 is 9.88 Å². The van der Waals surface area contributed by atoms with Gasteiger partial charge >= 0.3 is 0 Å². The van der Waals surface area contributed by atoms with Gasteiger partial charge in [-0.05, 0) is 39.8 Å². The number of rotatable bonds is 6. The van der Waals surface area contributed by atoms with Crippen LogP contribution in [0.4, 0.5) is 0 Å². The van der Waals surface area contributed by atoms with Crippen LogP contribution in [-0.4, -0.2) is 25.9 Å². The summed E-state index contributed by atoms with van der Waals surface area (Å²) in [6.07, 6.45) is 4.88. The van der Waals surface area contributed by atoms with Gasteiger partial charge in [0.15, 0.2) is 0 Å². The standard InChI is InChI=1S/C14H23N5/c1-11-10-12(2)19(17-11)8-5-6-15-13(3)14-16-7-9-18(14)4/h7,9-10,13,15H,5-6,8H2,1-4H3. The number of nitrogens with zero attached hydrogens (tertiary/aromatic N) is 4. The molecule has 0 aliphatic carbocycles. The quantitative estimate of drug-likeness (QED) is 0.809. The molecule has 0 saturated heterocycles. The highest BCUT2D eigenvalue weighted by Gasteiger charge is 2.08. The highest BCUT2D eigenvalue weighted by molar-refractivity contribution is 5.06. The molecule has 1 N–H and O–H groups in total. The normalized spacial score (nSPS) is 12.8. The van der Waals surface area contributed by atoms with Gasteiger partial charge in [-0.3, -0.25) is 4.68 Å². The van der Waals surface area contributed by atoms with Crippen molar-refractivity contribution in [3.05, 3.63) is 35.7 Å². The van der Waals surface area contributed by atoms with E-state index in [-0.39, 0.29) is 6.04 Å². The number of hydrogen-bond acceptors (Lipinski definition) is 3. The molecule has 2 heterocycles. The minimum atomic E-state index is 0.278. The minimum Gasteiger partial charge on any atom is -0.337 e. The molecule has 1 unspecified atom stereocenters. The van der Waals surface area contributed by atoms with E-state index in [1.807, 2.05) is 26.4 Å². The van der Waals surface area contributed by atoms with Crippen molar-refractivity contribution in [2.24, 2.45) is 7.05 Å². The van der Waals surface area contributed by atoms with Crippen LogP contribution in [0.15, 0.2) is 18.5 Å². The van der Waals surface area contributed by atoms with Crippen molar-refractivity contribution in [1.29, 1.82) is 0 Å². The zero-order valence-corrected chi connectivity index (χ0v) is 12.2. The molecule has 2 rings (SSSR count). The van der Waals surface area contributed by atoms with Crippen molar-refractivity contribution in [3.8, 4) is 0 Å². The zero-order chi connectivity index (χ0) is 13.8. The maximum atomic E-state index is 4.46. The van der Waals surface area contributed by atoms with E-state index in [1.54, 1.807) is 0 Å². The molecule has 0 amide bonds. The highest BCUT2D eigenvalue weighted by Crippen LogP contribution is 2.08. The molecule has 5 nitrogen and oxygen atoms in total. The molecule has 19 heavy (non-hydrogen) atoms. The average Bonchev–Trinajstić information content (AvgIpc) is 2.91. The Labute approximate surface area is 114 Å².